The molecular formula is C17H16ClN7O. The Morgan fingerprint density at radius 2 is 1.88 bits per heavy atom. The lowest BCUT2D eigenvalue weighted by atomic mass is 10.00. The summed E-state index contributed by atoms with van der Waals surface area (Å²) in [6, 6.07) is 5.05. The Balaban J connectivity index is 1.83. The van der Waals surface area contributed by atoms with E-state index in [1.807, 2.05) is 13.8 Å². The molecule has 0 unspecified atom stereocenters. The minimum Gasteiger partial charge on any atom is -0.364 e. The topological polar surface area (TPSA) is 120 Å². The predicted molar refractivity (Wildman–Crippen MR) is 97.5 cm³/mol. The van der Waals surface area contributed by atoms with E-state index < -0.39 is 11.4 Å². The summed E-state index contributed by atoms with van der Waals surface area (Å²) < 4.78 is 0. The van der Waals surface area contributed by atoms with Gasteiger partial charge in [-0.1, -0.05) is 11.6 Å². The van der Waals surface area contributed by atoms with Crippen molar-refractivity contribution in [3.05, 3.63) is 59.5 Å². The van der Waals surface area contributed by atoms with E-state index in [0.717, 1.165) is 0 Å². The molecule has 0 bridgehead atoms. The van der Waals surface area contributed by atoms with Crippen molar-refractivity contribution in [3.8, 4) is 11.3 Å². The third kappa shape index (κ3) is 3.75. The molecule has 0 aliphatic carbocycles. The number of carbonyl (C=O) groups excluding carboxylic acids is 1. The second-order valence-electron chi connectivity index (χ2n) is 6.03. The second kappa shape index (κ2) is 7.01. The molecule has 0 saturated heterocycles. The normalized spacial score (nSPS) is 11.2. The lowest BCUT2D eigenvalue weighted by Gasteiger charge is -2.26. The summed E-state index contributed by atoms with van der Waals surface area (Å²) in [4.78, 5) is 32.1. The van der Waals surface area contributed by atoms with Crippen LogP contribution in [0.15, 0.2) is 43.1 Å². The van der Waals surface area contributed by atoms with E-state index in [2.05, 4.69) is 30.2 Å². The lowest BCUT2D eigenvalue weighted by Crippen LogP contribution is -2.30. The highest BCUT2D eigenvalue weighted by molar-refractivity contribution is 6.31. The van der Waals surface area contributed by atoms with Gasteiger partial charge in [-0.25, -0.2) is 19.9 Å². The van der Waals surface area contributed by atoms with Crippen LogP contribution in [0, 0.1) is 0 Å². The van der Waals surface area contributed by atoms with Crippen LogP contribution >= 0.6 is 11.6 Å². The standard InChI is InChI=1S/C17H16ClN7O/c1-17(2,14-11(18)4-3-5-20-14)25-16-21-7-10(8-22-16)12-6-13(15(19)26)24-9-23-12/h3-9H,1-2H3,(H2,19,26)(H,21,22,25). The lowest BCUT2D eigenvalue weighted by molar-refractivity contribution is 0.0995. The fraction of sp³-hybridized carbons (Fsp3) is 0.176. The zero-order valence-electron chi connectivity index (χ0n) is 14.1. The number of hydrogen-bond acceptors (Lipinski definition) is 7. The van der Waals surface area contributed by atoms with Gasteiger partial charge in [0.1, 0.15) is 12.0 Å². The fourth-order valence-electron chi connectivity index (χ4n) is 2.36. The summed E-state index contributed by atoms with van der Waals surface area (Å²) in [6.45, 7) is 3.87. The Bertz CT molecular complexity index is 944. The Hall–Kier alpha value is -3.13. The first-order valence-electron chi connectivity index (χ1n) is 7.70. The molecular weight excluding hydrogens is 354 g/mol. The second-order valence-corrected chi connectivity index (χ2v) is 6.44. The molecule has 3 aromatic rings. The molecule has 26 heavy (non-hydrogen) atoms. The van der Waals surface area contributed by atoms with Crippen molar-refractivity contribution in [3.63, 3.8) is 0 Å². The Morgan fingerprint density at radius 1 is 1.15 bits per heavy atom. The fourth-order valence-corrected chi connectivity index (χ4v) is 2.72. The molecule has 0 radical (unpaired) electrons. The minimum absolute atomic E-state index is 0.128. The van der Waals surface area contributed by atoms with Gasteiger partial charge in [-0.05, 0) is 32.0 Å². The van der Waals surface area contributed by atoms with Crippen molar-refractivity contribution in [2.45, 2.75) is 19.4 Å². The maximum atomic E-state index is 11.2. The van der Waals surface area contributed by atoms with Gasteiger partial charge in [-0.2, -0.15) is 0 Å². The summed E-state index contributed by atoms with van der Waals surface area (Å²) in [5.41, 5.74) is 6.62. The van der Waals surface area contributed by atoms with Gasteiger partial charge in [0.2, 0.25) is 5.95 Å². The zero-order chi connectivity index (χ0) is 18.7. The number of primary amides is 1. The largest absolute Gasteiger partial charge is 0.364 e. The van der Waals surface area contributed by atoms with Gasteiger partial charge in [0.15, 0.2) is 0 Å². The molecule has 3 rings (SSSR count). The zero-order valence-corrected chi connectivity index (χ0v) is 14.9. The Morgan fingerprint density at radius 3 is 2.54 bits per heavy atom. The summed E-state index contributed by atoms with van der Waals surface area (Å²) in [6.07, 6.45) is 6.14. The van der Waals surface area contributed by atoms with Crippen LogP contribution in [0.2, 0.25) is 5.02 Å². The third-order valence-corrected chi connectivity index (χ3v) is 3.95. The average molecular weight is 370 g/mol. The summed E-state index contributed by atoms with van der Waals surface area (Å²) >= 11 is 6.23. The van der Waals surface area contributed by atoms with Crippen molar-refractivity contribution >= 4 is 23.5 Å². The summed E-state index contributed by atoms with van der Waals surface area (Å²) in [5.74, 6) is -0.216. The number of amides is 1. The molecule has 0 aliphatic heterocycles. The molecule has 0 atom stereocenters. The minimum atomic E-state index is -0.623. The van der Waals surface area contributed by atoms with Crippen LogP contribution in [-0.4, -0.2) is 30.8 Å². The number of carbonyl (C=O) groups is 1. The number of nitrogens with zero attached hydrogens (tertiary/aromatic N) is 5. The molecule has 8 nitrogen and oxygen atoms in total. The molecule has 0 aliphatic rings. The number of aromatic nitrogens is 5. The Kier molecular flexibility index (Phi) is 4.77. The van der Waals surface area contributed by atoms with Gasteiger partial charge in [-0.3, -0.25) is 9.78 Å². The average Bonchev–Trinajstić information content (AvgIpc) is 2.62. The summed E-state index contributed by atoms with van der Waals surface area (Å²) in [7, 11) is 0. The number of nitrogens with one attached hydrogen (secondary N) is 1. The van der Waals surface area contributed by atoms with Gasteiger partial charge in [0.25, 0.3) is 5.91 Å². The molecule has 3 aromatic heterocycles. The maximum Gasteiger partial charge on any atom is 0.267 e. The van der Waals surface area contributed by atoms with Crippen molar-refractivity contribution in [1.29, 1.82) is 0 Å². The van der Waals surface area contributed by atoms with Gasteiger partial charge >= 0.3 is 0 Å². The van der Waals surface area contributed by atoms with Crippen LogP contribution in [0.4, 0.5) is 5.95 Å². The molecule has 0 saturated carbocycles. The van der Waals surface area contributed by atoms with E-state index in [9.17, 15) is 4.79 Å². The van der Waals surface area contributed by atoms with Gasteiger partial charge in [0.05, 0.1) is 21.9 Å². The highest BCUT2D eigenvalue weighted by Crippen LogP contribution is 2.28. The molecule has 1 amide bonds. The SMILES string of the molecule is CC(C)(Nc1ncc(-c2cc(C(N)=O)ncn2)cn1)c1ncccc1Cl. The molecule has 9 heteroatoms. The van der Waals surface area contributed by atoms with Crippen LogP contribution in [0.25, 0.3) is 11.3 Å². The van der Waals surface area contributed by atoms with E-state index >= 15 is 0 Å². The molecule has 132 valence electrons. The first-order valence-corrected chi connectivity index (χ1v) is 8.08. The van der Waals surface area contributed by atoms with E-state index in [4.69, 9.17) is 17.3 Å². The van der Waals surface area contributed by atoms with Crippen LogP contribution in [-0.2, 0) is 5.54 Å². The van der Waals surface area contributed by atoms with E-state index in [1.165, 1.54) is 12.4 Å². The number of hydrogen-bond donors (Lipinski definition) is 2. The summed E-state index contributed by atoms with van der Waals surface area (Å²) in [5, 5.41) is 3.76. The van der Waals surface area contributed by atoms with E-state index in [1.54, 1.807) is 30.7 Å². The van der Waals surface area contributed by atoms with Gasteiger partial charge < -0.3 is 11.1 Å². The van der Waals surface area contributed by atoms with Crippen molar-refractivity contribution in [2.75, 3.05) is 5.32 Å². The molecule has 3 N–H and O–H groups in total. The molecule has 0 aromatic carbocycles. The van der Waals surface area contributed by atoms with Crippen LogP contribution < -0.4 is 11.1 Å². The van der Waals surface area contributed by atoms with E-state index in [0.29, 0.717) is 27.9 Å². The van der Waals surface area contributed by atoms with Gasteiger partial charge in [0, 0.05) is 24.2 Å². The van der Waals surface area contributed by atoms with Crippen molar-refractivity contribution < 1.29 is 4.79 Å². The van der Waals surface area contributed by atoms with Gasteiger partial charge in [-0.15, -0.1) is 0 Å². The number of pyridine rings is 1. The van der Waals surface area contributed by atoms with Crippen LogP contribution in [0.1, 0.15) is 30.0 Å². The molecule has 0 fully saturated rings. The number of anilines is 1. The number of nitrogens with two attached hydrogens (primary N) is 1. The maximum absolute atomic E-state index is 11.2. The quantitative estimate of drug-likeness (QED) is 0.708. The highest BCUT2D eigenvalue weighted by Gasteiger charge is 2.25. The first kappa shape index (κ1) is 17.7. The van der Waals surface area contributed by atoms with Crippen molar-refractivity contribution in [2.24, 2.45) is 5.73 Å². The smallest absolute Gasteiger partial charge is 0.267 e. The van der Waals surface area contributed by atoms with Crippen molar-refractivity contribution in [1.82, 2.24) is 24.9 Å². The third-order valence-electron chi connectivity index (χ3n) is 3.64. The number of rotatable bonds is 5. The monoisotopic (exact) mass is 369 g/mol. The van der Waals surface area contributed by atoms with E-state index in [-0.39, 0.29) is 5.69 Å². The first-order chi connectivity index (χ1) is 12.4. The highest BCUT2D eigenvalue weighted by atomic mass is 35.5. The Labute approximate surface area is 154 Å². The van der Waals surface area contributed by atoms with Crippen LogP contribution in [0.3, 0.4) is 0 Å². The number of halogens is 1. The molecule has 0 spiro atoms. The molecule has 3 heterocycles. The predicted octanol–water partition coefficient (Wildman–Crippen LogP) is 2.43. The van der Waals surface area contributed by atoms with Crippen LogP contribution in [0.5, 0.6) is 0 Å².